The normalized spacial score (nSPS) is 18.4. The number of hydrogen-bond acceptors (Lipinski definition) is 4. The van der Waals surface area contributed by atoms with Crippen molar-refractivity contribution in [3.8, 4) is 0 Å². The molecule has 0 saturated heterocycles. The molecular formula is C9H8N4O. The van der Waals surface area contributed by atoms with E-state index in [0.717, 1.165) is 24.5 Å². The molecule has 0 aromatic carbocycles. The highest BCUT2D eigenvalue weighted by molar-refractivity contribution is 6.13. The van der Waals surface area contributed by atoms with Gasteiger partial charge in [-0.2, -0.15) is 0 Å². The summed E-state index contributed by atoms with van der Waals surface area (Å²) in [6, 6.07) is 1.71. The predicted molar refractivity (Wildman–Crippen MR) is 49.8 cm³/mol. The molecule has 5 heteroatoms. The van der Waals surface area contributed by atoms with Crippen molar-refractivity contribution in [2.75, 3.05) is 13.1 Å². The van der Waals surface area contributed by atoms with Crippen molar-refractivity contribution in [3.63, 3.8) is 0 Å². The zero-order chi connectivity index (χ0) is 9.54. The van der Waals surface area contributed by atoms with Crippen molar-refractivity contribution in [1.82, 2.24) is 15.4 Å². The predicted octanol–water partition coefficient (Wildman–Crippen LogP) is -0.198. The van der Waals surface area contributed by atoms with E-state index in [4.69, 9.17) is 0 Å². The molecule has 0 unspecified atom stereocenters. The van der Waals surface area contributed by atoms with Gasteiger partial charge in [-0.3, -0.25) is 25.2 Å². The lowest BCUT2D eigenvalue weighted by atomic mass is 10.1. The van der Waals surface area contributed by atoms with Crippen LogP contribution in [-0.2, 0) is 0 Å². The Morgan fingerprint density at radius 3 is 3.29 bits per heavy atom. The average Bonchev–Trinajstić information content (AvgIpc) is 2.66. The Labute approximate surface area is 80.4 Å². The van der Waals surface area contributed by atoms with Crippen molar-refractivity contribution < 1.29 is 4.79 Å². The summed E-state index contributed by atoms with van der Waals surface area (Å²) in [5, 5.41) is 1.77. The van der Waals surface area contributed by atoms with Gasteiger partial charge >= 0.3 is 0 Å². The fraction of sp³-hybridized carbons (Fsp3) is 0.222. The summed E-state index contributed by atoms with van der Waals surface area (Å²) in [6.45, 7) is 1.47. The Balaban J connectivity index is 2.22. The Kier molecular flexibility index (Phi) is 1.36. The number of carbonyl (C=O) groups excluding carboxylic acids is 1. The number of amides is 1. The van der Waals surface area contributed by atoms with Gasteiger partial charge in [0.05, 0.1) is 18.7 Å². The number of aromatic nitrogens is 1. The maximum Gasteiger partial charge on any atom is 0.270 e. The SMILES string of the molecule is O=C1NN2CCN=C2c2cnccc21. The molecule has 1 aromatic heterocycles. The minimum absolute atomic E-state index is 0.0803. The molecule has 70 valence electrons. The molecule has 2 aliphatic heterocycles. The Morgan fingerprint density at radius 2 is 2.36 bits per heavy atom. The number of pyridine rings is 1. The van der Waals surface area contributed by atoms with E-state index in [1.165, 1.54) is 0 Å². The molecule has 0 saturated carbocycles. The van der Waals surface area contributed by atoms with Crippen LogP contribution in [0.25, 0.3) is 0 Å². The van der Waals surface area contributed by atoms with Crippen molar-refractivity contribution in [1.29, 1.82) is 0 Å². The fourth-order valence-corrected chi connectivity index (χ4v) is 1.74. The first kappa shape index (κ1) is 7.49. The maximum atomic E-state index is 11.6. The minimum atomic E-state index is -0.0803. The number of amidine groups is 1. The van der Waals surface area contributed by atoms with Crippen LogP contribution in [0.15, 0.2) is 23.5 Å². The number of carbonyl (C=O) groups is 1. The fourth-order valence-electron chi connectivity index (χ4n) is 1.74. The van der Waals surface area contributed by atoms with Gasteiger partial charge in [-0.15, -0.1) is 0 Å². The molecule has 0 aliphatic carbocycles. The molecule has 14 heavy (non-hydrogen) atoms. The zero-order valence-electron chi connectivity index (χ0n) is 7.40. The highest BCUT2D eigenvalue weighted by atomic mass is 16.2. The first-order chi connectivity index (χ1) is 6.86. The molecule has 0 bridgehead atoms. The lowest BCUT2D eigenvalue weighted by Crippen LogP contribution is -2.49. The van der Waals surface area contributed by atoms with E-state index >= 15 is 0 Å². The first-order valence-corrected chi connectivity index (χ1v) is 4.43. The van der Waals surface area contributed by atoms with E-state index in [-0.39, 0.29) is 5.91 Å². The number of hydrogen-bond donors (Lipinski definition) is 1. The summed E-state index contributed by atoms with van der Waals surface area (Å²) in [4.78, 5) is 19.9. The molecular weight excluding hydrogens is 180 g/mol. The summed E-state index contributed by atoms with van der Waals surface area (Å²) in [6.07, 6.45) is 3.30. The van der Waals surface area contributed by atoms with Gasteiger partial charge in [0, 0.05) is 18.0 Å². The lowest BCUT2D eigenvalue weighted by molar-refractivity contribution is 0.0868. The third-order valence-corrected chi connectivity index (χ3v) is 2.38. The van der Waals surface area contributed by atoms with Gasteiger partial charge in [0.25, 0.3) is 5.91 Å². The van der Waals surface area contributed by atoms with Crippen LogP contribution >= 0.6 is 0 Å². The smallest absolute Gasteiger partial charge is 0.267 e. The van der Waals surface area contributed by atoms with Crippen LogP contribution in [0.5, 0.6) is 0 Å². The van der Waals surface area contributed by atoms with Crippen LogP contribution in [-0.4, -0.2) is 34.8 Å². The lowest BCUT2D eigenvalue weighted by Gasteiger charge is -2.26. The van der Waals surface area contributed by atoms with Gasteiger partial charge in [-0.1, -0.05) is 0 Å². The summed E-state index contributed by atoms with van der Waals surface area (Å²) in [5.41, 5.74) is 4.25. The van der Waals surface area contributed by atoms with Gasteiger partial charge in [-0.05, 0) is 6.07 Å². The van der Waals surface area contributed by atoms with Gasteiger partial charge in [-0.25, -0.2) is 0 Å². The second-order valence-corrected chi connectivity index (χ2v) is 3.22. The molecule has 3 heterocycles. The standard InChI is InChI=1S/C9H8N4O/c14-9-6-1-2-10-5-7(6)8-11-3-4-13(8)12-9/h1-2,5H,3-4H2,(H,12,14). The highest BCUT2D eigenvalue weighted by Gasteiger charge is 2.29. The van der Waals surface area contributed by atoms with Crippen LogP contribution in [0.1, 0.15) is 15.9 Å². The van der Waals surface area contributed by atoms with Crippen molar-refractivity contribution >= 4 is 11.7 Å². The van der Waals surface area contributed by atoms with Crippen molar-refractivity contribution in [2.24, 2.45) is 4.99 Å². The number of nitrogens with zero attached hydrogens (tertiary/aromatic N) is 3. The molecule has 1 N–H and O–H groups in total. The quantitative estimate of drug-likeness (QED) is 0.613. The van der Waals surface area contributed by atoms with Crippen molar-refractivity contribution in [2.45, 2.75) is 0 Å². The molecule has 0 fully saturated rings. The van der Waals surface area contributed by atoms with Crippen LogP contribution < -0.4 is 5.43 Å². The van der Waals surface area contributed by atoms with Crippen LogP contribution in [0.4, 0.5) is 0 Å². The second-order valence-electron chi connectivity index (χ2n) is 3.22. The van der Waals surface area contributed by atoms with E-state index in [9.17, 15) is 4.79 Å². The third kappa shape index (κ3) is 0.863. The molecule has 1 aromatic rings. The second kappa shape index (κ2) is 2.54. The van der Waals surface area contributed by atoms with E-state index in [2.05, 4.69) is 15.4 Å². The third-order valence-electron chi connectivity index (χ3n) is 2.38. The van der Waals surface area contributed by atoms with Crippen LogP contribution in [0.3, 0.4) is 0 Å². The van der Waals surface area contributed by atoms with Crippen molar-refractivity contribution in [3.05, 3.63) is 29.6 Å². The number of aliphatic imine (C=N–C) groups is 1. The number of nitrogens with one attached hydrogen (secondary N) is 1. The summed E-state index contributed by atoms with van der Waals surface area (Å²) < 4.78 is 0. The van der Waals surface area contributed by atoms with E-state index in [1.807, 2.05) is 0 Å². The number of fused-ring (bicyclic) bond motifs is 3. The van der Waals surface area contributed by atoms with E-state index in [1.54, 1.807) is 23.5 Å². The Morgan fingerprint density at radius 1 is 1.43 bits per heavy atom. The van der Waals surface area contributed by atoms with E-state index in [0.29, 0.717) is 5.56 Å². The summed E-state index contributed by atoms with van der Waals surface area (Å²) in [5.74, 6) is 0.746. The average molecular weight is 188 g/mol. The largest absolute Gasteiger partial charge is 0.270 e. The zero-order valence-corrected chi connectivity index (χ0v) is 7.40. The summed E-state index contributed by atoms with van der Waals surface area (Å²) >= 11 is 0. The minimum Gasteiger partial charge on any atom is -0.267 e. The Hall–Kier alpha value is -1.91. The molecule has 0 radical (unpaired) electrons. The van der Waals surface area contributed by atoms with Gasteiger partial charge in [0.2, 0.25) is 0 Å². The summed E-state index contributed by atoms with van der Waals surface area (Å²) in [7, 11) is 0. The van der Waals surface area contributed by atoms with Crippen LogP contribution in [0.2, 0.25) is 0 Å². The molecule has 5 nitrogen and oxygen atoms in total. The molecule has 0 spiro atoms. The first-order valence-electron chi connectivity index (χ1n) is 4.43. The molecule has 2 aliphatic rings. The molecule has 0 atom stereocenters. The highest BCUT2D eigenvalue weighted by Crippen LogP contribution is 2.17. The van der Waals surface area contributed by atoms with Gasteiger partial charge < -0.3 is 0 Å². The maximum absolute atomic E-state index is 11.6. The van der Waals surface area contributed by atoms with Gasteiger partial charge in [0.15, 0.2) is 5.84 Å². The van der Waals surface area contributed by atoms with Gasteiger partial charge in [0.1, 0.15) is 0 Å². The van der Waals surface area contributed by atoms with Crippen LogP contribution in [0, 0.1) is 0 Å². The number of hydrazine groups is 1. The topological polar surface area (TPSA) is 57.6 Å². The number of rotatable bonds is 0. The van der Waals surface area contributed by atoms with E-state index < -0.39 is 0 Å². The molecule has 1 amide bonds. The monoisotopic (exact) mass is 188 g/mol. The Bertz CT molecular complexity index is 440. The molecule has 3 rings (SSSR count).